The highest BCUT2D eigenvalue weighted by Gasteiger charge is 2.15. The molecule has 1 aliphatic rings. The van der Waals surface area contributed by atoms with Gasteiger partial charge in [-0.15, -0.1) is 0 Å². The molecule has 0 amide bonds. The molecule has 0 spiro atoms. The summed E-state index contributed by atoms with van der Waals surface area (Å²) in [6.45, 7) is 1.44. The van der Waals surface area contributed by atoms with Crippen LogP contribution in [0.1, 0.15) is 19.3 Å². The maximum Gasteiger partial charge on any atom is 0.225 e. The zero-order valence-corrected chi connectivity index (χ0v) is 8.81. The summed E-state index contributed by atoms with van der Waals surface area (Å²) in [6, 6.07) is 2.05. The van der Waals surface area contributed by atoms with Crippen LogP contribution in [-0.4, -0.2) is 33.3 Å². The van der Waals surface area contributed by atoms with Gasteiger partial charge in [0, 0.05) is 12.6 Å². The van der Waals surface area contributed by atoms with Gasteiger partial charge in [0.2, 0.25) is 10.0 Å². The zero-order chi connectivity index (χ0) is 10.4. The highest BCUT2D eigenvalue weighted by molar-refractivity contribution is 7.89. The Morgan fingerprint density at radius 2 is 2.36 bits per heavy atom. The van der Waals surface area contributed by atoms with Gasteiger partial charge in [0.25, 0.3) is 0 Å². The molecule has 0 aromatic rings. The van der Waals surface area contributed by atoms with Crippen molar-refractivity contribution >= 4 is 10.0 Å². The molecule has 1 heterocycles. The Morgan fingerprint density at radius 3 is 2.93 bits per heavy atom. The highest BCUT2D eigenvalue weighted by Crippen LogP contribution is 2.07. The molecule has 0 radical (unpaired) electrons. The van der Waals surface area contributed by atoms with Crippen molar-refractivity contribution in [2.24, 2.45) is 0 Å². The quantitative estimate of drug-likeness (QED) is 0.655. The van der Waals surface area contributed by atoms with Crippen molar-refractivity contribution in [3.8, 4) is 6.07 Å². The molecule has 1 atom stereocenters. The van der Waals surface area contributed by atoms with E-state index in [1.165, 1.54) is 0 Å². The number of rotatable bonds is 5. The summed E-state index contributed by atoms with van der Waals surface area (Å²) >= 11 is 0. The molecule has 1 rings (SSSR count). The van der Waals surface area contributed by atoms with E-state index in [1.807, 2.05) is 0 Å². The molecular weight excluding hydrogens is 202 g/mol. The molecule has 1 fully saturated rings. The van der Waals surface area contributed by atoms with Crippen LogP contribution in [-0.2, 0) is 10.0 Å². The minimum atomic E-state index is -3.36. The molecule has 0 aliphatic carbocycles. The molecule has 0 aromatic carbocycles. The fourth-order valence-corrected chi connectivity index (χ4v) is 2.23. The molecule has 6 heteroatoms. The van der Waals surface area contributed by atoms with E-state index in [0.717, 1.165) is 25.8 Å². The van der Waals surface area contributed by atoms with Crippen LogP contribution < -0.4 is 10.0 Å². The van der Waals surface area contributed by atoms with Gasteiger partial charge in [-0.2, -0.15) is 5.26 Å². The summed E-state index contributed by atoms with van der Waals surface area (Å²) < 4.78 is 24.5. The van der Waals surface area contributed by atoms with Gasteiger partial charge in [-0.05, 0) is 25.8 Å². The molecule has 1 saturated heterocycles. The second kappa shape index (κ2) is 5.29. The minimum absolute atomic E-state index is 0.418. The highest BCUT2D eigenvalue weighted by atomic mass is 32.2. The number of hydrogen-bond donors (Lipinski definition) is 2. The van der Waals surface area contributed by atoms with Crippen LogP contribution >= 0.6 is 0 Å². The molecule has 14 heavy (non-hydrogen) atoms. The molecule has 0 aromatic heterocycles. The molecule has 2 N–H and O–H groups in total. The van der Waals surface area contributed by atoms with Crippen molar-refractivity contribution < 1.29 is 8.42 Å². The third kappa shape index (κ3) is 4.05. The molecular formula is C8H15N3O2S. The average molecular weight is 217 g/mol. The van der Waals surface area contributed by atoms with Gasteiger partial charge in [-0.3, -0.25) is 0 Å². The monoisotopic (exact) mass is 217 g/mol. The van der Waals surface area contributed by atoms with Crippen LogP contribution in [0.25, 0.3) is 0 Å². The Morgan fingerprint density at radius 1 is 1.57 bits per heavy atom. The zero-order valence-electron chi connectivity index (χ0n) is 7.99. The van der Waals surface area contributed by atoms with Gasteiger partial charge >= 0.3 is 0 Å². The lowest BCUT2D eigenvalue weighted by atomic mass is 10.2. The number of nitriles is 1. The van der Waals surface area contributed by atoms with E-state index in [2.05, 4.69) is 10.0 Å². The first-order valence-electron chi connectivity index (χ1n) is 4.72. The molecule has 80 valence electrons. The second-order valence-electron chi connectivity index (χ2n) is 3.39. The Bertz CT molecular complexity index is 301. The fraction of sp³-hybridized carbons (Fsp3) is 0.875. The Labute approximate surface area is 84.5 Å². The number of nitrogens with zero attached hydrogens (tertiary/aromatic N) is 1. The van der Waals surface area contributed by atoms with E-state index in [0.29, 0.717) is 12.6 Å². The standard InChI is InChI=1S/C8H15N3O2S/c9-4-7-14(12,13)11-6-3-8-2-1-5-10-8/h8,10-11H,1-3,5-7H2/t8-/m0/s1. The predicted octanol–water partition coefficient (Wildman–Crippen LogP) is -0.429. The second-order valence-corrected chi connectivity index (χ2v) is 5.20. The van der Waals surface area contributed by atoms with Gasteiger partial charge in [0.1, 0.15) is 0 Å². The van der Waals surface area contributed by atoms with Gasteiger partial charge in [-0.1, -0.05) is 0 Å². The Hall–Kier alpha value is -0.640. The predicted molar refractivity (Wildman–Crippen MR) is 53.0 cm³/mol. The van der Waals surface area contributed by atoms with Gasteiger partial charge in [0.05, 0.1) is 6.07 Å². The largest absolute Gasteiger partial charge is 0.314 e. The van der Waals surface area contributed by atoms with Crippen molar-refractivity contribution in [2.75, 3.05) is 18.8 Å². The normalized spacial score (nSPS) is 22.1. The Kier molecular flexibility index (Phi) is 4.32. The molecule has 5 nitrogen and oxygen atoms in total. The van der Waals surface area contributed by atoms with Gasteiger partial charge < -0.3 is 5.32 Å². The van der Waals surface area contributed by atoms with Crippen molar-refractivity contribution in [1.29, 1.82) is 5.26 Å². The molecule has 1 aliphatic heterocycles. The van der Waals surface area contributed by atoms with Crippen molar-refractivity contribution in [2.45, 2.75) is 25.3 Å². The van der Waals surface area contributed by atoms with Crippen LogP contribution in [0.15, 0.2) is 0 Å². The van der Waals surface area contributed by atoms with Crippen LogP contribution in [0, 0.1) is 11.3 Å². The topological polar surface area (TPSA) is 82.0 Å². The minimum Gasteiger partial charge on any atom is -0.314 e. The summed E-state index contributed by atoms with van der Waals surface area (Å²) in [5, 5.41) is 11.5. The van der Waals surface area contributed by atoms with E-state index >= 15 is 0 Å². The molecule has 0 bridgehead atoms. The van der Waals surface area contributed by atoms with E-state index in [4.69, 9.17) is 5.26 Å². The number of nitrogens with one attached hydrogen (secondary N) is 2. The summed E-state index contributed by atoms with van der Waals surface area (Å²) in [7, 11) is -3.36. The average Bonchev–Trinajstić information content (AvgIpc) is 2.56. The lowest BCUT2D eigenvalue weighted by molar-refractivity contribution is 0.541. The third-order valence-corrected chi connectivity index (χ3v) is 3.38. The summed E-state index contributed by atoms with van der Waals surface area (Å²) in [4.78, 5) is 0. The smallest absolute Gasteiger partial charge is 0.225 e. The summed E-state index contributed by atoms with van der Waals surface area (Å²) in [6.07, 6.45) is 3.07. The van der Waals surface area contributed by atoms with E-state index in [9.17, 15) is 8.42 Å². The Balaban J connectivity index is 2.17. The van der Waals surface area contributed by atoms with E-state index in [1.54, 1.807) is 6.07 Å². The number of hydrogen-bond acceptors (Lipinski definition) is 4. The lowest BCUT2D eigenvalue weighted by Crippen LogP contribution is -2.31. The van der Waals surface area contributed by atoms with Crippen LogP contribution in [0.5, 0.6) is 0 Å². The SMILES string of the molecule is N#CCS(=O)(=O)NCC[C@@H]1CCCN1. The maximum atomic E-state index is 11.1. The van der Waals surface area contributed by atoms with Crippen molar-refractivity contribution in [1.82, 2.24) is 10.0 Å². The third-order valence-electron chi connectivity index (χ3n) is 2.23. The lowest BCUT2D eigenvalue weighted by Gasteiger charge is -2.09. The van der Waals surface area contributed by atoms with Crippen molar-refractivity contribution in [3.05, 3.63) is 0 Å². The number of sulfonamides is 1. The maximum absolute atomic E-state index is 11.1. The molecule has 0 unspecified atom stereocenters. The fourth-order valence-electron chi connectivity index (χ4n) is 1.53. The summed E-state index contributed by atoms with van der Waals surface area (Å²) in [5.41, 5.74) is 0. The first kappa shape index (κ1) is 11.4. The van der Waals surface area contributed by atoms with E-state index < -0.39 is 15.8 Å². The first-order valence-corrected chi connectivity index (χ1v) is 6.37. The van der Waals surface area contributed by atoms with Crippen molar-refractivity contribution in [3.63, 3.8) is 0 Å². The molecule has 0 saturated carbocycles. The van der Waals surface area contributed by atoms with Gasteiger partial charge in [0.15, 0.2) is 5.75 Å². The summed E-state index contributed by atoms with van der Waals surface area (Å²) in [5.74, 6) is -0.453. The van der Waals surface area contributed by atoms with Crippen LogP contribution in [0.2, 0.25) is 0 Å². The first-order chi connectivity index (χ1) is 6.64. The van der Waals surface area contributed by atoms with Crippen LogP contribution in [0.3, 0.4) is 0 Å². The van der Waals surface area contributed by atoms with Gasteiger partial charge in [-0.25, -0.2) is 13.1 Å². The van der Waals surface area contributed by atoms with E-state index in [-0.39, 0.29) is 0 Å². The van der Waals surface area contributed by atoms with Crippen LogP contribution in [0.4, 0.5) is 0 Å².